The third kappa shape index (κ3) is 5.25. The Morgan fingerprint density at radius 3 is 2.50 bits per heavy atom. The van der Waals surface area contributed by atoms with E-state index in [1.54, 1.807) is 11.9 Å². The van der Waals surface area contributed by atoms with Crippen LogP contribution < -0.4 is 5.32 Å². The molecular weight excluding hydrogens is 304 g/mol. The zero-order valence-corrected chi connectivity index (χ0v) is 15.1. The Morgan fingerprint density at radius 1 is 1.29 bits per heavy atom. The lowest BCUT2D eigenvalue weighted by atomic mass is 9.86. The summed E-state index contributed by atoms with van der Waals surface area (Å²) in [6, 6.07) is 8.47. The van der Waals surface area contributed by atoms with Gasteiger partial charge in [-0.2, -0.15) is 0 Å². The average Bonchev–Trinajstić information content (AvgIpc) is 2.83. The van der Waals surface area contributed by atoms with E-state index in [2.05, 4.69) is 50.4 Å². The Balaban J connectivity index is 1.67. The van der Waals surface area contributed by atoms with Gasteiger partial charge in [-0.25, -0.2) is 4.79 Å². The van der Waals surface area contributed by atoms with Crippen LogP contribution in [0.3, 0.4) is 0 Å². The first kappa shape index (κ1) is 18.3. The maximum Gasteiger partial charge on any atom is 0.409 e. The van der Waals surface area contributed by atoms with Crippen LogP contribution in [0.1, 0.15) is 44.7 Å². The fourth-order valence-corrected chi connectivity index (χ4v) is 2.69. The molecule has 1 atom stereocenters. The molecule has 1 fully saturated rings. The molecule has 5 heteroatoms. The number of carbonyl (C=O) groups is 2. The SMILES string of the molecule is CN1CC(CCNC(=O)CCc2ccc(C(C)(C)C)cc2)OC1=O. The lowest BCUT2D eigenvalue weighted by Gasteiger charge is -2.19. The number of benzene rings is 1. The molecule has 0 aromatic heterocycles. The van der Waals surface area contributed by atoms with Gasteiger partial charge in [0.1, 0.15) is 6.10 Å². The minimum Gasteiger partial charge on any atom is -0.444 e. The molecule has 132 valence electrons. The Bertz CT molecular complexity index is 575. The number of hydrogen-bond acceptors (Lipinski definition) is 3. The zero-order valence-electron chi connectivity index (χ0n) is 15.1. The second-order valence-electron chi connectivity index (χ2n) is 7.47. The van der Waals surface area contributed by atoms with Crippen molar-refractivity contribution in [2.75, 3.05) is 20.1 Å². The highest BCUT2D eigenvalue weighted by molar-refractivity contribution is 5.76. The van der Waals surface area contributed by atoms with E-state index in [4.69, 9.17) is 4.74 Å². The van der Waals surface area contributed by atoms with E-state index >= 15 is 0 Å². The van der Waals surface area contributed by atoms with Crippen LogP contribution in [0.4, 0.5) is 4.79 Å². The minimum atomic E-state index is -0.287. The summed E-state index contributed by atoms with van der Waals surface area (Å²) < 4.78 is 5.16. The molecule has 0 aliphatic carbocycles. The highest BCUT2D eigenvalue weighted by Gasteiger charge is 2.27. The van der Waals surface area contributed by atoms with E-state index in [1.807, 2.05) is 0 Å². The third-order valence-corrected chi connectivity index (χ3v) is 4.31. The van der Waals surface area contributed by atoms with E-state index in [9.17, 15) is 9.59 Å². The van der Waals surface area contributed by atoms with Crippen molar-refractivity contribution in [1.82, 2.24) is 10.2 Å². The van der Waals surface area contributed by atoms with Crippen molar-refractivity contribution in [3.63, 3.8) is 0 Å². The van der Waals surface area contributed by atoms with Gasteiger partial charge in [0, 0.05) is 26.4 Å². The molecule has 2 rings (SSSR count). The Hall–Kier alpha value is -2.04. The van der Waals surface area contributed by atoms with Gasteiger partial charge in [0.2, 0.25) is 5.91 Å². The maximum absolute atomic E-state index is 11.9. The summed E-state index contributed by atoms with van der Waals surface area (Å²) in [7, 11) is 1.71. The number of ether oxygens (including phenoxy) is 1. The predicted molar refractivity (Wildman–Crippen MR) is 94.0 cm³/mol. The fourth-order valence-electron chi connectivity index (χ4n) is 2.69. The number of carbonyl (C=O) groups excluding carboxylic acids is 2. The molecule has 0 radical (unpaired) electrons. The topological polar surface area (TPSA) is 58.6 Å². The molecule has 1 heterocycles. The highest BCUT2D eigenvalue weighted by atomic mass is 16.6. The number of aryl methyl sites for hydroxylation is 1. The molecule has 1 aliphatic rings. The molecule has 5 nitrogen and oxygen atoms in total. The van der Waals surface area contributed by atoms with Crippen LogP contribution in [0.5, 0.6) is 0 Å². The standard InChI is InChI=1S/C19H28N2O3/c1-19(2,3)15-8-5-14(6-9-15)7-10-17(22)20-12-11-16-13-21(4)18(23)24-16/h5-6,8-9,16H,7,10-13H2,1-4H3,(H,20,22). The van der Waals surface area contributed by atoms with Crippen LogP contribution in [-0.2, 0) is 21.4 Å². The quantitative estimate of drug-likeness (QED) is 0.871. The van der Waals surface area contributed by atoms with E-state index in [0.717, 1.165) is 6.42 Å². The first-order chi connectivity index (χ1) is 11.3. The Morgan fingerprint density at radius 2 is 1.96 bits per heavy atom. The minimum absolute atomic E-state index is 0.0348. The molecular formula is C19H28N2O3. The molecule has 1 N–H and O–H groups in total. The van der Waals surface area contributed by atoms with Gasteiger partial charge >= 0.3 is 6.09 Å². The highest BCUT2D eigenvalue weighted by Crippen LogP contribution is 2.22. The van der Waals surface area contributed by atoms with Crippen LogP contribution in [0.15, 0.2) is 24.3 Å². The molecule has 1 unspecified atom stereocenters. The van der Waals surface area contributed by atoms with Crippen molar-refractivity contribution >= 4 is 12.0 Å². The summed E-state index contributed by atoms with van der Waals surface area (Å²) in [5.74, 6) is 0.0348. The van der Waals surface area contributed by atoms with Crippen LogP contribution in [0.25, 0.3) is 0 Å². The van der Waals surface area contributed by atoms with Crippen molar-refractivity contribution < 1.29 is 14.3 Å². The van der Waals surface area contributed by atoms with Gasteiger partial charge in [-0.1, -0.05) is 45.0 Å². The van der Waals surface area contributed by atoms with Gasteiger partial charge in [-0.05, 0) is 23.0 Å². The summed E-state index contributed by atoms with van der Waals surface area (Å²) >= 11 is 0. The number of rotatable bonds is 6. The van der Waals surface area contributed by atoms with Crippen LogP contribution in [-0.4, -0.2) is 43.1 Å². The normalized spacial score (nSPS) is 17.8. The molecule has 24 heavy (non-hydrogen) atoms. The number of amides is 2. The first-order valence-electron chi connectivity index (χ1n) is 8.53. The molecule has 2 amide bonds. The van der Waals surface area contributed by atoms with E-state index in [0.29, 0.717) is 25.9 Å². The molecule has 0 spiro atoms. The fraction of sp³-hybridized carbons (Fsp3) is 0.579. The number of cyclic esters (lactones) is 1. The largest absolute Gasteiger partial charge is 0.444 e. The smallest absolute Gasteiger partial charge is 0.409 e. The van der Waals surface area contributed by atoms with Crippen molar-refractivity contribution in [2.45, 2.75) is 51.6 Å². The van der Waals surface area contributed by atoms with E-state index in [-0.39, 0.29) is 23.5 Å². The average molecular weight is 332 g/mol. The number of nitrogens with one attached hydrogen (secondary N) is 1. The molecule has 0 saturated carbocycles. The van der Waals surface area contributed by atoms with Gasteiger partial charge in [-0.3, -0.25) is 4.79 Å². The summed E-state index contributed by atoms with van der Waals surface area (Å²) in [5, 5.41) is 2.90. The summed E-state index contributed by atoms with van der Waals surface area (Å²) in [4.78, 5) is 24.7. The summed E-state index contributed by atoms with van der Waals surface area (Å²) in [6.45, 7) is 7.70. The second-order valence-corrected chi connectivity index (χ2v) is 7.47. The van der Waals surface area contributed by atoms with Gasteiger partial charge in [0.15, 0.2) is 0 Å². The van der Waals surface area contributed by atoms with Crippen molar-refractivity contribution in [2.24, 2.45) is 0 Å². The van der Waals surface area contributed by atoms with Gasteiger partial charge < -0.3 is 15.0 Å². The second kappa shape index (κ2) is 7.69. The van der Waals surface area contributed by atoms with Gasteiger partial charge in [0.05, 0.1) is 6.54 Å². The number of hydrogen-bond donors (Lipinski definition) is 1. The maximum atomic E-state index is 11.9. The zero-order chi connectivity index (χ0) is 17.7. The third-order valence-electron chi connectivity index (χ3n) is 4.31. The summed E-state index contributed by atoms with van der Waals surface area (Å²) in [5.41, 5.74) is 2.62. The molecule has 0 bridgehead atoms. The van der Waals surface area contributed by atoms with Crippen molar-refractivity contribution in [1.29, 1.82) is 0 Å². The number of likely N-dealkylation sites (N-methyl/N-ethyl adjacent to an activating group) is 1. The van der Waals surface area contributed by atoms with Crippen LogP contribution >= 0.6 is 0 Å². The number of nitrogens with zero attached hydrogens (tertiary/aromatic N) is 1. The van der Waals surface area contributed by atoms with Crippen molar-refractivity contribution in [3.05, 3.63) is 35.4 Å². The predicted octanol–water partition coefficient (Wildman–Crippen LogP) is 2.87. The monoisotopic (exact) mass is 332 g/mol. The van der Waals surface area contributed by atoms with Crippen LogP contribution in [0.2, 0.25) is 0 Å². The van der Waals surface area contributed by atoms with Gasteiger partial charge in [-0.15, -0.1) is 0 Å². The summed E-state index contributed by atoms with van der Waals surface area (Å²) in [6.07, 6.45) is 1.46. The van der Waals surface area contributed by atoms with Crippen LogP contribution in [0, 0.1) is 0 Å². The molecule has 1 aromatic rings. The van der Waals surface area contributed by atoms with Gasteiger partial charge in [0.25, 0.3) is 0 Å². The molecule has 1 aliphatic heterocycles. The lowest BCUT2D eigenvalue weighted by Crippen LogP contribution is -2.28. The first-order valence-corrected chi connectivity index (χ1v) is 8.53. The molecule has 1 aromatic carbocycles. The Kier molecular flexibility index (Phi) is 5.86. The van der Waals surface area contributed by atoms with Crippen molar-refractivity contribution in [3.8, 4) is 0 Å². The lowest BCUT2D eigenvalue weighted by molar-refractivity contribution is -0.121. The molecule has 1 saturated heterocycles. The van der Waals surface area contributed by atoms with E-state index in [1.165, 1.54) is 11.1 Å². The van der Waals surface area contributed by atoms with E-state index < -0.39 is 0 Å². The Labute approximate surface area is 144 Å².